The van der Waals surface area contributed by atoms with Crippen LogP contribution in [-0.4, -0.2) is 34.8 Å². The molecule has 6 nitrogen and oxygen atoms in total. The zero-order chi connectivity index (χ0) is 15.9. The summed E-state index contributed by atoms with van der Waals surface area (Å²) in [4.78, 5) is 0. The van der Waals surface area contributed by atoms with E-state index in [0.29, 0.717) is 17.1 Å². The zero-order valence-corrected chi connectivity index (χ0v) is 13.8. The molecule has 1 aromatic heterocycles. The van der Waals surface area contributed by atoms with Gasteiger partial charge in [0.05, 0.1) is 19.9 Å². The van der Waals surface area contributed by atoms with Crippen LogP contribution in [0.2, 0.25) is 0 Å². The Balaban J connectivity index is 2.24. The third kappa shape index (κ3) is 3.73. The highest BCUT2D eigenvalue weighted by Gasteiger charge is 2.05. The van der Waals surface area contributed by atoms with Gasteiger partial charge in [-0.15, -0.1) is 0 Å². The number of ether oxygens (including phenoxy) is 2. The molecule has 22 heavy (non-hydrogen) atoms. The number of rotatable bonds is 7. The van der Waals surface area contributed by atoms with Crippen molar-refractivity contribution in [1.82, 2.24) is 14.9 Å². The standard InChI is InChI=1S/C15H20N4O2S/c1-4-8-21-12-7-6-11(9-13(12)20-3)10-16-19-14(5-2)17-18-15(19)22/h6-7,9-10H,4-5,8H2,1-3H3,(H,18,22)/b16-10-. The number of methoxy groups -OCH3 is 1. The van der Waals surface area contributed by atoms with Crippen molar-refractivity contribution in [2.45, 2.75) is 26.7 Å². The monoisotopic (exact) mass is 320 g/mol. The third-order valence-corrected chi connectivity index (χ3v) is 3.27. The van der Waals surface area contributed by atoms with Gasteiger partial charge in [-0.25, -0.2) is 0 Å². The predicted molar refractivity (Wildman–Crippen MR) is 88.6 cm³/mol. The summed E-state index contributed by atoms with van der Waals surface area (Å²) in [5.41, 5.74) is 0.894. The number of benzene rings is 1. The summed E-state index contributed by atoms with van der Waals surface area (Å²) in [5, 5.41) is 11.2. The van der Waals surface area contributed by atoms with Gasteiger partial charge < -0.3 is 9.47 Å². The van der Waals surface area contributed by atoms with Crippen molar-refractivity contribution < 1.29 is 9.47 Å². The summed E-state index contributed by atoms with van der Waals surface area (Å²) in [6.07, 6.45) is 3.42. The highest BCUT2D eigenvalue weighted by molar-refractivity contribution is 7.71. The molecular formula is C15H20N4O2S. The van der Waals surface area contributed by atoms with Crippen molar-refractivity contribution in [1.29, 1.82) is 0 Å². The molecule has 0 radical (unpaired) electrons. The first-order valence-corrected chi connectivity index (χ1v) is 7.61. The quantitative estimate of drug-likeness (QED) is 0.628. The van der Waals surface area contributed by atoms with E-state index in [0.717, 1.165) is 30.0 Å². The highest BCUT2D eigenvalue weighted by atomic mass is 32.1. The van der Waals surface area contributed by atoms with E-state index in [4.69, 9.17) is 21.7 Å². The van der Waals surface area contributed by atoms with E-state index in [2.05, 4.69) is 22.2 Å². The van der Waals surface area contributed by atoms with Crippen molar-refractivity contribution in [3.8, 4) is 11.5 Å². The minimum atomic E-state index is 0.475. The van der Waals surface area contributed by atoms with Gasteiger partial charge in [-0.1, -0.05) is 13.8 Å². The van der Waals surface area contributed by atoms with Crippen LogP contribution in [0.15, 0.2) is 23.3 Å². The molecule has 0 unspecified atom stereocenters. The molecule has 1 aromatic carbocycles. The van der Waals surface area contributed by atoms with Gasteiger partial charge in [0, 0.05) is 6.42 Å². The van der Waals surface area contributed by atoms with E-state index in [1.54, 1.807) is 18.0 Å². The zero-order valence-electron chi connectivity index (χ0n) is 13.0. The van der Waals surface area contributed by atoms with Gasteiger partial charge in [-0.2, -0.15) is 14.9 Å². The Morgan fingerprint density at radius 3 is 2.86 bits per heavy atom. The number of nitrogens with one attached hydrogen (secondary N) is 1. The second-order valence-corrected chi connectivity index (χ2v) is 5.00. The number of H-pyrrole nitrogens is 1. The lowest BCUT2D eigenvalue weighted by atomic mass is 10.2. The number of nitrogens with zero attached hydrogens (tertiary/aromatic N) is 3. The number of hydrogen-bond donors (Lipinski definition) is 1. The van der Waals surface area contributed by atoms with E-state index in [1.807, 2.05) is 25.1 Å². The van der Waals surface area contributed by atoms with E-state index < -0.39 is 0 Å². The van der Waals surface area contributed by atoms with Crippen LogP contribution in [0.5, 0.6) is 11.5 Å². The minimum absolute atomic E-state index is 0.475. The summed E-state index contributed by atoms with van der Waals surface area (Å²) in [6.45, 7) is 4.72. The Labute approximate surface area is 134 Å². The average molecular weight is 320 g/mol. The molecule has 2 rings (SSSR count). The van der Waals surface area contributed by atoms with Crippen molar-refractivity contribution in [2.75, 3.05) is 13.7 Å². The fraction of sp³-hybridized carbons (Fsp3) is 0.400. The molecule has 0 aliphatic heterocycles. The number of aromatic amines is 1. The SMILES string of the molecule is CCCOc1ccc(/C=N\n2c(CC)n[nH]c2=S)cc1OC. The molecule has 1 N–H and O–H groups in total. The summed E-state index contributed by atoms with van der Waals surface area (Å²) >= 11 is 5.16. The second kappa shape index (κ2) is 7.74. The summed E-state index contributed by atoms with van der Waals surface area (Å²) in [6, 6.07) is 5.68. The van der Waals surface area contributed by atoms with Gasteiger partial charge in [-0.05, 0) is 42.4 Å². The lowest BCUT2D eigenvalue weighted by molar-refractivity contribution is 0.294. The van der Waals surface area contributed by atoms with Gasteiger partial charge in [0.15, 0.2) is 17.3 Å². The molecule has 0 aliphatic rings. The number of hydrogen-bond acceptors (Lipinski definition) is 5. The molecule has 0 saturated carbocycles. The summed E-state index contributed by atoms with van der Waals surface area (Å²) in [5.74, 6) is 2.20. The normalized spacial score (nSPS) is 11.0. The predicted octanol–water partition coefficient (Wildman–Crippen LogP) is 3.18. The van der Waals surface area contributed by atoms with Crippen molar-refractivity contribution in [2.24, 2.45) is 5.10 Å². The minimum Gasteiger partial charge on any atom is -0.493 e. The van der Waals surface area contributed by atoms with Gasteiger partial charge >= 0.3 is 0 Å². The van der Waals surface area contributed by atoms with Gasteiger partial charge in [0.2, 0.25) is 4.77 Å². The maximum atomic E-state index is 5.63. The van der Waals surface area contributed by atoms with Gasteiger partial charge in [0.25, 0.3) is 0 Å². The summed E-state index contributed by atoms with van der Waals surface area (Å²) < 4.78 is 13.1. The second-order valence-electron chi connectivity index (χ2n) is 4.61. The average Bonchev–Trinajstić information content (AvgIpc) is 2.91. The molecule has 0 aliphatic carbocycles. The Morgan fingerprint density at radius 2 is 2.18 bits per heavy atom. The lowest BCUT2D eigenvalue weighted by Crippen LogP contribution is -1.99. The maximum Gasteiger partial charge on any atom is 0.216 e. The van der Waals surface area contributed by atoms with Crippen LogP contribution in [0.3, 0.4) is 0 Å². The van der Waals surface area contributed by atoms with Crippen LogP contribution >= 0.6 is 12.2 Å². The van der Waals surface area contributed by atoms with E-state index in [9.17, 15) is 0 Å². The van der Waals surface area contributed by atoms with Crippen molar-refractivity contribution in [3.05, 3.63) is 34.4 Å². The Bertz CT molecular complexity index is 706. The molecular weight excluding hydrogens is 300 g/mol. The molecule has 118 valence electrons. The van der Waals surface area contributed by atoms with Crippen LogP contribution in [0.4, 0.5) is 0 Å². The van der Waals surface area contributed by atoms with Crippen LogP contribution < -0.4 is 9.47 Å². The first-order valence-electron chi connectivity index (χ1n) is 7.21. The molecule has 0 fully saturated rings. The fourth-order valence-corrected chi connectivity index (χ4v) is 2.09. The Kier molecular flexibility index (Phi) is 5.71. The van der Waals surface area contributed by atoms with Crippen LogP contribution in [0, 0.1) is 4.77 Å². The van der Waals surface area contributed by atoms with Gasteiger partial charge in [0.1, 0.15) is 0 Å². The third-order valence-electron chi connectivity index (χ3n) is 3.01. The van der Waals surface area contributed by atoms with E-state index in [-0.39, 0.29) is 0 Å². The van der Waals surface area contributed by atoms with Crippen molar-refractivity contribution >= 4 is 18.4 Å². The lowest BCUT2D eigenvalue weighted by Gasteiger charge is -2.10. The van der Waals surface area contributed by atoms with E-state index >= 15 is 0 Å². The maximum absolute atomic E-state index is 5.63. The van der Waals surface area contributed by atoms with E-state index in [1.165, 1.54) is 0 Å². The van der Waals surface area contributed by atoms with Gasteiger partial charge in [-0.3, -0.25) is 5.10 Å². The summed E-state index contributed by atoms with van der Waals surface area (Å²) in [7, 11) is 1.62. The highest BCUT2D eigenvalue weighted by Crippen LogP contribution is 2.27. The van der Waals surface area contributed by atoms with Crippen LogP contribution in [0.25, 0.3) is 0 Å². The molecule has 0 spiro atoms. The molecule has 7 heteroatoms. The fourth-order valence-electron chi connectivity index (χ4n) is 1.89. The molecule has 0 amide bonds. The molecule has 1 heterocycles. The Morgan fingerprint density at radius 1 is 1.36 bits per heavy atom. The Hall–Kier alpha value is -2.15. The molecule has 2 aromatic rings. The van der Waals surface area contributed by atoms with Crippen molar-refractivity contribution in [3.63, 3.8) is 0 Å². The first-order chi connectivity index (χ1) is 10.7. The molecule has 0 saturated heterocycles. The number of aryl methyl sites for hydroxylation is 1. The smallest absolute Gasteiger partial charge is 0.216 e. The largest absolute Gasteiger partial charge is 0.493 e. The van der Waals surface area contributed by atoms with Crippen LogP contribution in [0.1, 0.15) is 31.7 Å². The molecule has 0 atom stereocenters. The number of aromatic nitrogens is 3. The molecule has 0 bridgehead atoms. The first kappa shape index (κ1) is 16.2. The topological polar surface area (TPSA) is 64.4 Å². The van der Waals surface area contributed by atoms with Crippen LogP contribution in [-0.2, 0) is 6.42 Å².